The highest BCUT2D eigenvalue weighted by Crippen LogP contribution is 2.14. The van der Waals surface area contributed by atoms with Gasteiger partial charge in [-0.25, -0.2) is 4.79 Å². The monoisotopic (exact) mass is 197 g/mol. The molecule has 0 bridgehead atoms. The lowest BCUT2D eigenvalue weighted by Gasteiger charge is -2.06. The van der Waals surface area contributed by atoms with Gasteiger partial charge in [0.15, 0.2) is 0 Å². The highest BCUT2D eigenvalue weighted by Gasteiger charge is 2.38. The molecule has 2 N–H and O–H groups in total. The van der Waals surface area contributed by atoms with Crippen LogP contribution in [0.4, 0.5) is 13.2 Å². The van der Waals surface area contributed by atoms with Crippen molar-refractivity contribution in [2.45, 2.75) is 13.1 Å². The summed E-state index contributed by atoms with van der Waals surface area (Å²) < 4.78 is 34.7. The average molecular weight is 197 g/mol. The molecule has 0 aromatic rings. The summed E-state index contributed by atoms with van der Waals surface area (Å²) >= 11 is 0. The molecule has 4 nitrogen and oxygen atoms in total. The van der Waals surface area contributed by atoms with Gasteiger partial charge in [0.2, 0.25) is 0 Å². The second-order valence-electron chi connectivity index (χ2n) is 2.12. The molecule has 7 heteroatoms. The Balaban J connectivity index is 4.31. The highest BCUT2D eigenvalue weighted by atomic mass is 19.4. The summed E-state index contributed by atoms with van der Waals surface area (Å²) in [6, 6.07) is 0. The van der Waals surface area contributed by atoms with Gasteiger partial charge in [0.05, 0.1) is 0 Å². The van der Waals surface area contributed by atoms with E-state index in [1.54, 1.807) is 0 Å². The van der Waals surface area contributed by atoms with Crippen LogP contribution in [0.15, 0.2) is 11.8 Å². The van der Waals surface area contributed by atoms with E-state index < -0.39 is 18.1 Å². The number of carboxylic acids is 1. The van der Waals surface area contributed by atoms with Crippen molar-refractivity contribution in [1.82, 2.24) is 5.32 Å². The first-order valence-electron chi connectivity index (χ1n) is 3.03. The Morgan fingerprint density at radius 2 is 1.85 bits per heavy atom. The van der Waals surface area contributed by atoms with Crippen LogP contribution in [0.5, 0.6) is 0 Å². The first kappa shape index (κ1) is 11.5. The SMILES string of the molecule is C/C(=C/C(=O)O)NC(=O)C(F)(F)F. The van der Waals surface area contributed by atoms with Crippen molar-refractivity contribution >= 4 is 11.9 Å². The van der Waals surface area contributed by atoms with Crippen LogP contribution in [0.1, 0.15) is 6.92 Å². The van der Waals surface area contributed by atoms with Crippen molar-refractivity contribution in [2.75, 3.05) is 0 Å². The number of alkyl halides is 3. The Bertz CT molecular complexity index is 256. The summed E-state index contributed by atoms with van der Waals surface area (Å²) in [6.07, 6.45) is -4.54. The summed E-state index contributed by atoms with van der Waals surface area (Å²) in [4.78, 5) is 20.1. The molecule has 74 valence electrons. The number of allylic oxidation sites excluding steroid dienone is 1. The normalized spacial score (nSPS) is 12.5. The summed E-state index contributed by atoms with van der Waals surface area (Å²) in [7, 11) is 0. The van der Waals surface area contributed by atoms with Crippen molar-refractivity contribution in [3.63, 3.8) is 0 Å². The zero-order valence-electron chi connectivity index (χ0n) is 6.47. The van der Waals surface area contributed by atoms with Gasteiger partial charge in [-0.3, -0.25) is 4.79 Å². The Morgan fingerprint density at radius 1 is 1.38 bits per heavy atom. The third kappa shape index (κ3) is 4.83. The predicted molar refractivity (Wildman–Crippen MR) is 35.6 cm³/mol. The fraction of sp³-hybridized carbons (Fsp3) is 0.333. The number of hydrogen-bond donors (Lipinski definition) is 2. The first-order valence-corrected chi connectivity index (χ1v) is 3.03. The zero-order chi connectivity index (χ0) is 10.6. The molecule has 0 aliphatic rings. The first-order chi connectivity index (χ1) is 5.73. The second-order valence-corrected chi connectivity index (χ2v) is 2.12. The minimum Gasteiger partial charge on any atom is -0.478 e. The lowest BCUT2D eigenvalue weighted by atomic mass is 10.4. The van der Waals surface area contributed by atoms with Crippen molar-refractivity contribution in [1.29, 1.82) is 0 Å². The summed E-state index contributed by atoms with van der Waals surface area (Å²) in [5.74, 6) is -3.62. The number of amides is 1. The predicted octanol–water partition coefficient (Wildman–Crippen LogP) is 0.653. The third-order valence-electron chi connectivity index (χ3n) is 0.908. The maximum absolute atomic E-state index is 11.6. The molecule has 0 heterocycles. The minimum absolute atomic E-state index is 0.380. The Hall–Kier alpha value is -1.53. The molecule has 0 aliphatic heterocycles. The Labute approximate surface area is 71.0 Å². The van der Waals surface area contributed by atoms with E-state index >= 15 is 0 Å². The second kappa shape index (κ2) is 3.92. The molecule has 0 aromatic carbocycles. The fourth-order valence-electron chi connectivity index (χ4n) is 0.471. The van der Waals surface area contributed by atoms with Gasteiger partial charge < -0.3 is 10.4 Å². The van der Waals surface area contributed by atoms with Crippen LogP contribution in [-0.4, -0.2) is 23.2 Å². The van der Waals surface area contributed by atoms with E-state index in [2.05, 4.69) is 0 Å². The Kier molecular flexibility index (Phi) is 3.46. The van der Waals surface area contributed by atoms with E-state index in [0.29, 0.717) is 6.08 Å². The molecule has 0 saturated heterocycles. The number of carbonyl (C=O) groups is 2. The lowest BCUT2D eigenvalue weighted by Crippen LogP contribution is -2.35. The van der Waals surface area contributed by atoms with E-state index in [1.165, 1.54) is 5.32 Å². The van der Waals surface area contributed by atoms with Crippen LogP contribution in [0, 0.1) is 0 Å². The number of rotatable bonds is 2. The molecule has 0 aromatic heterocycles. The molecule has 1 amide bonds. The molecule has 13 heavy (non-hydrogen) atoms. The van der Waals surface area contributed by atoms with E-state index in [9.17, 15) is 22.8 Å². The lowest BCUT2D eigenvalue weighted by molar-refractivity contribution is -0.172. The summed E-state index contributed by atoms with van der Waals surface area (Å²) in [6.45, 7) is 1.04. The van der Waals surface area contributed by atoms with Crippen LogP contribution in [0.3, 0.4) is 0 Å². The minimum atomic E-state index is -5.01. The third-order valence-corrected chi connectivity index (χ3v) is 0.908. The molecule has 0 saturated carbocycles. The van der Waals surface area contributed by atoms with Gasteiger partial charge in [-0.15, -0.1) is 0 Å². The van der Waals surface area contributed by atoms with Crippen LogP contribution in [0.25, 0.3) is 0 Å². The van der Waals surface area contributed by atoms with E-state index in [0.717, 1.165) is 6.92 Å². The largest absolute Gasteiger partial charge is 0.478 e. The molecule has 0 rings (SSSR count). The molecule has 0 radical (unpaired) electrons. The van der Waals surface area contributed by atoms with Gasteiger partial charge in [0, 0.05) is 11.8 Å². The van der Waals surface area contributed by atoms with Crippen molar-refractivity contribution < 1.29 is 27.9 Å². The smallest absolute Gasteiger partial charge is 0.471 e. The number of halogens is 3. The number of nitrogens with one attached hydrogen (secondary N) is 1. The van der Waals surface area contributed by atoms with Gasteiger partial charge in [-0.05, 0) is 6.92 Å². The standard InChI is InChI=1S/C6H6F3NO3/c1-3(2-4(11)12)10-5(13)6(7,8)9/h2H,1H3,(H,10,13)(H,11,12)/b3-2-. The molecule has 0 spiro atoms. The highest BCUT2D eigenvalue weighted by molar-refractivity contribution is 5.86. The van der Waals surface area contributed by atoms with Gasteiger partial charge in [0.25, 0.3) is 0 Å². The topological polar surface area (TPSA) is 66.4 Å². The molecular weight excluding hydrogens is 191 g/mol. The number of carbonyl (C=O) groups excluding carboxylic acids is 1. The van der Waals surface area contributed by atoms with Crippen LogP contribution in [-0.2, 0) is 9.59 Å². The van der Waals surface area contributed by atoms with Crippen molar-refractivity contribution in [3.05, 3.63) is 11.8 Å². The van der Waals surface area contributed by atoms with Crippen LogP contribution >= 0.6 is 0 Å². The molecule has 0 aliphatic carbocycles. The fourth-order valence-corrected chi connectivity index (χ4v) is 0.471. The van der Waals surface area contributed by atoms with E-state index in [1.807, 2.05) is 0 Å². The van der Waals surface area contributed by atoms with Gasteiger partial charge in [-0.1, -0.05) is 0 Å². The molecule has 0 fully saturated rings. The molecular formula is C6H6F3NO3. The van der Waals surface area contributed by atoms with Crippen molar-refractivity contribution in [3.8, 4) is 0 Å². The molecule has 0 unspecified atom stereocenters. The number of carboxylic acid groups (broad SMARTS) is 1. The molecule has 0 atom stereocenters. The van der Waals surface area contributed by atoms with E-state index in [-0.39, 0.29) is 5.70 Å². The van der Waals surface area contributed by atoms with Crippen LogP contribution < -0.4 is 5.32 Å². The van der Waals surface area contributed by atoms with Crippen molar-refractivity contribution in [2.24, 2.45) is 0 Å². The maximum atomic E-state index is 11.6. The van der Waals surface area contributed by atoms with Gasteiger partial charge in [0.1, 0.15) is 0 Å². The zero-order valence-corrected chi connectivity index (χ0v) is 6.47. The number of hydrogen-bond acceptors (Lipinski definition) is 2. The van der Waals surface area contributed by atoms with Crippen LogP contribution in [0.2, 0.25) is 0 Å². The maximum Gasteiger partial charge on any atom is 0.471 e. The summed E-state index contributed by atoms with van der Waals surface area (Å²) in [5.41, 5.74) is -0.380. The quantitative estimate of drug-likeness (QED) is 0.639. The van der Waals surface area contributed by atoms with Gasteiger partial charge in [-0.2, -0.15) is 13.2 Å². The summed E-state index contributed by atoms with van der Waals surface area (Å²) in [5, 5.41) is 9.46. The number of aliphatic carboxylic acids is 1. The average Bonchev–Trinajstić information content (AvgIpc) is 1.82. The Morgan fingerprint density at radius 3 is 2.15 bits per heavy atom. The van der Waals surface area contributed by atoms with E-state index in [4.69, 9.17) is 5.11 Å². The van der Waals surface area contributed by atoms with Gasteiger partial charge >= 0.3 is 18.1 Å².